The third kappa shape index (κ3) is 1.72. The van der Waals surface area contributed by atoms with Crippen LogP contribution >= 0.6 is 0 Å². The van der Waals surface area contributed by atoms with Crippen LogP contribution < -0.4 is 0 Å². The first kappa shape index (κ1) is 10.8. The van der Waals surface area contributed by atoms with E-state index in [1.165, 1.54) is 18.2 Å². The number of aromatic nitrogens is 2. The summed E-state index contributed by atoms with van der Waals surface area (Å²) >= 11 is 0. The molecule has 88 valence electrons. The highest BCUT2D eigenvalue weighted by Crippen LogP contribution is 2.23. The Morgan fingerprint density at radius 1 is 0.833 bits per heavy atom. The van der Waals surface area contributed by atoms with Gasteiger partial charge in [0.05, 0.1) is 11.1 Å². The van der Waals surface area contributed by atoms with E-state index >= 15 is 0 Å². The monoisotopic (exact) mass is 242 g/mol. The summed E-state index contributed by atoms with van der Waals surface area (Å²) in [6.45, 7) is 0. The SMILES string of the molecule is Fc1cccc(F)c1-c1ncc2ccccc2n1. The number of hydrogen-bond acceptors (Lipinski definition) is 2. The number of rotatable bonds is 1. The van der Waals surface area contributed by atoms with Crippen LogP contribution in [0, 0.1) is 11.6 Å². The fourth-order valence-electron chi connectivity index (χ4n) is 1.80. The second-order valence-corrected chi connectivity index (χ2v) is 3.85. The molecule has 0 saturated heterocycles. The van der Waals surface area contributed by atoms with Crippen molar-refractivity contribution < 1.29 is 8.78 Å². The van der Waals surface area contributed by atoms with Crippen LogP contribution in [0.2, 0.25) is 0 Å². The van der Waals surface area contributed by atoms with E-state index < -0.39 is 11.6 Å². The van der Waals surface area contributed by atoms with Crippen molar-refractivity contribution in [3.63, 3.8) is 0 Å². The van der Waals surface area contributed by atoms with Gasteiger partial charge < -0.3 is 0 Å². The molecule has 0 unspecified atom stereocenters. The third-order valence-corrected chi connectivity index (χ3v) is 2.68. The number of para-hydroxylation sites is 1. The molecule has 0 fully saturated rings. The molecular weight excluding hydrogens is 234 g/mol. The van der Waals surface area contributed by atoms with Crippen molar-refractivity contribution in [3.05, 3.63) is 60.3 Å². The molecule has 2 aromatic carbocycles. The van der Waals surface area contributed by atoms with E-state index in [4.69, 9.17) is 0 Å². The lowest BCUT2D eigenvalue weighted by molar-refractivity contribution is 0.587. The minimum Gasteiger partial charge on any atom is -0.236 e. The topological polar surface area (TPSA) is 25.8 Å². The lowest BCUT2D eigenvalue weighted by Crippen LogP contribution is -1.95. The van der Waals surface area contributed by atoms with Gasteiger partial charge in [-0.05, 0) is 18.2 Å². The third-order valence-electron chi connectivity index (χ3n) is 2.68. The van der Waals surface area contributed by atoms with Gasteiger partial charge in [-0.3, -0.25) is 0 Å². The van der Waals surface area contributed by atoms with Crippen molar-refractivity contribution in [2.45, 2.75) is 0 Å². The van der Waals surface area contributed by atoms with Gasteiger partial charge in [0.2, 0.25) is 0 Å². The average molecular weight is 242 g/mol. The molecule has 0 aliphatic carbocycles. The van der Waals surface area contributed by atoms with Gasteiger partial charge in [-0.15, -0.1) is 0 Å². The summed E-state index contributed by atoms with van der Waals surface area (Å²) in [4.78, 5) is 8.18. The molecular formula is C14H8F2N2. The summed E-state index contributed by atoms with van der Waals surface area (Å²) in [7, 11) is 0. The molecule has 0 radical (unpaired) electrons. The standard InChI is InChI=1S/C14H8F2N2/c15-10-5-3-6-11(16)13(10)14-17-8-9-4-1-2-7-12(9)18-14/h1-8H. The van der Waals surface area contributed by atoms with Crippen molar-refractivity contribution in [2.24, 2.45) is 0 Å². The fourth-order valence-corrected chi connectivity index (χ4v) is 1.80. The second kappa shape index (κ2) is 4.14. The van der Waals surface area contributed by atoms with Gasteiger partial charge in [-0.1, -0.05) is 24.3 Å². The molecule has 0 amide bonds. The van der Waals surface area contributed by atoms with Crippen LogP contribution in [0.4, 0.5) is 8.78 Å². The highest BCUT2D eigenvalue weighted by Gasteiger charge is 2.13. The van der Waals surface area contributed by atoms with Gasteiger partial charge in [-0.25, -0.2) is 18.7 Å². The van der Waals surface area contributed by atoms with Crippen LogP contribution in [0.1, 0.15) is 0 Å². The van der Waals surface area contributed by atoms with E-state index in [9.17, 15) is 8.78 Å². The van der Waals surface area contributed by atoms with Crippen molar-refractivity contribution in [3.8, 4) is 11.4 Å². The van der Waals surface area contributed by atoms with Crippen LogP contribution in [0.3, 0.4) is 0 Å². The van der Waals surface area contributed by atoms with E-state index in [0.717, 1.165) is 5.39 Å². The number of benzene rings is 2. The molecule has 0 aliphatic rings. The number of fused-ring (bicyclic) bond motifs is 1. The van der Waals surface area contributed by atoms with Crippen molar-refractivity contribution >= 4 is 10.9 Å². The van der Waals surface area contributed by atoms with Gasteiger partial charge in [0.25, 0.3) is 0 Å². The molecule has 0 aliphatic heterocycles. The molecule has 0 bridgehead atoms. The van der Waals surface area contributed by atoms with E-state index in [-0.39, 0.29) is 11.4 Å². The lowest BCUT2D eigenvalue weighted by atomic mass is 10.1. The number of hydrogen-bond donors (Lipinski definition) is 0. The van der Waals surface area contributed by atoms with E-state index in [0.29, 0.717) is 5.52 Å². The minimum absolute atomic E-state index is 0.0595. The Bertz CT molecular complexity index is 706. The summed E-state index contributed by atoms with van der Waals surface area (Å²) in [6.07, 6.45) is 1.56. The van der Waals surface area contributed by atoms with Gasteiger partial charge in [0.15, 0.2) is 5.82 Å². The van der Waals surface area contributed by atoms with Crippen LogP contribution in [-0.2, 0) is 0 Å². The summed E-state index contributed by atoms with van der Waals surface area (Å²) in [5, 5.41) is 0.831. The highest BCUT2D eigenvalue weighted by atomic mass is 19.1. The van der Waals surface area contributed by atoms with Crippen molar-refractivity contribution in [1.82, 2.24) is 9.97 Å². The fraction of sp³-hybridized carbons (Fsp3) is 0. The molecule has 3 rings (SSSR count). The molecule has 1 aromatic heterocycles. The van der Waals surface area contributed by atoms with Gasteiger partial charge in [-0.2, -0.15) is 0 Å². The van der Waals surface area contributed by atoms with Crippen molar-refractivity contribution in [1.29, 1.82) is 0 Å². The maximum Gasteiger partial charge on any atom is 0.165 e. The van der Waals surface area contributed by atoms with E-state index in [1.54, 1.807) is 12.3 Å². The van der Waals surface area contributed by atoms with Gasteiger partial charge in [0.1, 0.15) is 11.6 Å². The van der Waals surface area contributed by atoms with Crippen molar-refractivity contribution in [2.75, 3.05) is 0 Å². The maximum absolute atomic E-state index is 13.6. The molecule has 1 heterocycles. The molecule has 0 atom stereocenters. The first-order valence-electron chi connectivity index (χ1n) is 5.42. The first-order valence-corrected chi connectivity index (χ1v) is 5.42. The molecule has 18 heavy (non-hydrogen) atoms. The molecule has 0 saturated carbocycles. The quantitative estimate of drug-likeness (QED) is 0.651. The van der Waals surface area contributed by atoms with Crippen LogP contribution in [-0.4, -0.2) is 9.97 Å². The Labute approximate surface area is 102 Å². The minimum atomic E-state index is -0.662. The molecule has 2 nitrogen and oxygen atoms in total. The predicted octanol–water partition coefficient (Wildman–Crippen LogP) is 3.58. The maximum atomic E-state index is 13.6. The van der Waals surface area contributed by atoms with Gasteiger partial charge in [0, 0.05) is 11.6 Å². The number of nitrogens with zero attached hydrogens (tertiary/aromatic N) is 2. The predicted molar refractivity (Wildman–Crippen MR) is 64.9 cm³/mol. The van der Waals surface area contributed by atoms with E-state index in [1.807, 2.05) is 18.2 Å². The molecule has 4 heteroatoms. The summed E-state index contributed by atoms with van der Waals surface area (Å²) in [5.41, 5.74) is 0.466. The first-order chi connectivity index (χ1) is 8.75. The van der Waals surface area contributed by atoms with Crippen LogP contribution in [0.25, 0.3) is 22.3 Å². The zero-order chi connectivity index (χ0) is 12.5. The Morgan fingerprint density at radius 2 is 1.56 bits per heavy atom. The Morgan fingerprint density at radius 3 is 2.33 bits per heavy atom. The Balaban J connectivity index is 2.26. The van der Waals surface area contributed by atoms with Gasteiger partial charge >= 0.3 is 0 Å². The molecule has 3 aromatic rings. The summed E-state index contributed by atoms with van der Waals surface area (Å²) < 4.78 is 27.2. The second-order valence-electron chi connectivity index (χ2n) is 3.85. The van der Waals surface area contributed by atoms with E-state index in [2.05, 4.69) is 9.97 Å². The highest BCUT2D eigenvalue weighted by molar-refractivity contribution is 5.79. The smallest absolute Gasteiger partial charge is 0.165 e. The Kier molecular flexibility index (Phi) is 2.48. The normalized spacial score (nSPS) is 10.8. The molecule has 0 N–H and O–H groups in total. The van der Waals surface area contributed by atoms with Crippen LogP contribution in [0.15, 0.2) is 48.7 Å². The molecule has 0 spiro atoms. The van der Waals surface area contributed by atoms with Crippen LogP contribution in [0.5, 0.6) is 0 Å². The zero-order valence-corrected chi connectivity index (χ0v) is 9.27. The lowest BCUT2D eigenvalue weighted by Gasteiger charge is -2.04. The summed E-state index contributed by atoms with van der Waals surface area (Å²) in [6, 6.07) is 11.0. The largest absolute Gasteiger partial charge is 0.236 e. The number of halogens is 2. The Hall–Kier alpha value is -2.36. The zero-order valence-electron chi connectivity index (χ0n) is 9.27. The summed E-state index contributed by atoms with van der Waals surface area (Å²) in [5.74, 6) is -1.26. The average Bonchev–Trinajstić information content (AvgIpc) is 2.38.